The lowest BCUT2D eigenvalue weighted by Crippen LogP contribution is -2.44. The third-order valence-electron chi connectivity index (χ3n) is 6.40. The molecular formula is C29H36N2O3S2. The number of allylic oxidation sites excluding steroid dienone is 1. The molecule has 1 aliphatic heterocycles. The average Bonchev–Trinajstić information content (AvgIpc) is 2.91. The summed E-state index contributed by atoms with van der Waals surface area (Å²) in [7, 11) is 0. The fourth-order valence-electron chi connectivity index (χ4n) is 4.14. The second-order valence-corrected chi connectivity index (χ2v) is 11.1. The Morgan fingerprint density at radius 3 is 2.56 bits per heavy atom. The molecule has 3 rings (SSSR count). The lowest BCUT2D eigenvalue weighted by atomic mass is 9.96. The second kappa shape index (κ2) is 13.7. The van der Waals surface area contributed by atoms with Gasteiger partial charge in [0.1, 0.15) is 6.10 Å². The smallest absolute Gasteiger partial charge is 0.251 e. The number of piperidine rings is 1. The largest absolute Gasteiger partial charge is 0.383 e. The number of anilines is 1. The van der Waals surface area contributed by atoms with E-state index >= 15 is 0 Å². The Kier molecular flexibility index (Phi) is 10.7. The molecule has 1 unspecified atom stereocenters. The van der Waals surface area contributed by atoms with Gasteiger partial charge < -0.3 is 15.3 Å². The minimum atomic E-state index is -0.911. The number of likely N-dealkylation sites (tertiary alicyclic amines) is 1. The van der Waals surface area contributed by atoms with Gasteiger partial charge in [-0.1, -0.05) is 48.5 Å². The molecule has 1 heterocycles. The molecule has 192 valence electrons. The summed E-state index contributed by atoms with van der Waals surface area (Å²) in [5.41, 5.74) is 4.58. The Hall–Kier alpha value is -2.48. The number of aliphatic hydroxyl groups excluding tert-OH is 1. The second-order valence-electron chi connectivity index (χ2n) is 9.15. The van der Waals surface area contributed by atoms with Gasteiger partial charge in [0.15, 0.2) is 0 Å². The van der Waals surface area contributed by atoms with Crippen molar-refractivity contribution < 1.29 is 14.7 Å². The molecule has 2 amide bonds. The fourth-order valence-corrected chi connectivity index (χ4v) is 5.47. The van der Waals surface area contributed by atoms with Crippen molar-refractivity contribution in [2.24, 2.45) is 5.92 Å². The predicted octanol–water partition coefficient (Wildman–Crippen LogP) is 6.10. The van der Waals surface area contributed by atoms with Crippen LogP contribution in [-0.2, 0) is 9.59 Å². The number of amides is 2. The zero-order valence-electron chi connectivity index (χ0n) is 21.3. The number of nitrogens with zero attached hydrogens (tertiary/aromatic N) is 1. The lowest BCUT2D eigenvalue weighted by molar-refractivity contribution is -0.141. The van der Waals surface area contributed by atoms with Crippen LogP contribution in [0.2, 0.25) is 0 Å². The van der Waals surface area contributed by atoms with E-state index in [4.69, 9.17) is 0 Å². The van der Waals surface area contributed by atoms with Crippen molar-refractivity contribution in [3.8, 4) is 11.1 Å². The summed E-state index contributed by atoms with van der Waals surface area (Å²) in [4.78, 5) is 28.1. The van der Waals surface area contributed by atoms with Crippen molar-refractivity contribution in [3.63, 3.8) is 0 Å². The quantitative estimate of drug-likeness (QED) is 0.367. The molecule has 1 saturated heterocycles. The first kappa shape index (κ1) is 28.1. The third kappa shape index (κ3) is 7.76. The van der Waals surface area contributed by atoms with Gasteiger partial charge in [0.2, 0.25) is 0 Å². The van der Waals surface area contributed by atoms with E-state index in [-0.39, 0.29) is 17.7 Å². The molecule has 2 aromatic rings. The first-order chi connectivity index (χ1) is 17.3. The SMILES string of the molecule is C=C(S/C=C(\C)C(=O)Nc1ccc(C)cc1-c1ccccc1)C1CCN(C(=O)C(O)CCSC)CC1. The fraction of sp³-hybridized carbons (Fsp3) is 0.379. The summed E-state index contributed by atoms with van der Waals surface area (Å²) >= 11 is 3.12. The van der Waals surface area contributed by atoms with E-state index in [0.29, 0.717) is 25.1 Å². The van der Waals surface area contributed by atoms with Gasteiger partial charge in [-0.05, 0) is 79.0 Å². The van der Waals surface area contributed by atoms with E-state index in [1.54, 1.807) is 16.7 Å². The Bertz CT molecular complexity index is 1090. The first-order valence-corrected chi connectivity index (χ1v) is 14.5. The van der Waals surface area contributed by atoms with Crippen LogP contribution in [0, 0.1) is 12.8 Å². The molecule has 2 N–H and O–H groups in total. The van der Waals surface area contributed by atoms with Crippen LogP contribution in [0.5, 0.6) is 0 Å². The topological polar surface area (TPSA) is 69.6 Å². The van der Waals surface area contributed by atoms with Crippen LogP contribution in [0.15, 0.2) is 71.0 Å². The maximum atomic E-state index is 12.9. The molecule has 5 nitrogen and oxygen atoms in total. The van der Waals surface area contributed by atoms with Crippen LogP contribution in [-0.4, -0.2) is 53.0 Å². The predicted molar refractivity (Wildman–Crippen MR) is 154 cm³/mol. The van der Waals surface area contributed by atoms with Gasteiger partial charge in [0, 0.05) is 29.9 Å². The molecular weight excluding hydrogens is 488 g/mol. The zero-order chi connectivity index (χ0) is 26.1. The van der Waals surface area contributed by atoms with Crippen molar-refractivity contribution >= 4 is 41.0 Å². The molecule has 0 bridgehead atoms. The van der Waals surface area contributed by atoms with Gasteiger partial charge in [-0.3, -0.25) is 9.59 Å². The zero-order valence-corrected chi connectivity index (χ0v) is 23.0. The Morgan fingerprint density at radius 2 is 1.89 bits per heavy atom. The summed E-state index contributed by atoms with van der Waals surface area (Å²) in [5, 5.41) is 15.0. The molecule has 0 aromatic heterocycles. The number of hydrogen-bond acceptors (Lipinski definition) is 5. The van der Waals surface area contributed by atoms with Crippen molar-refractivity contribution in [2.75, 3.05) is 30.4 Å². The number of thioether (sulfide) groups is 2. The highest BCUT2D eigenvalue weighted by molar-refractivity contribution is 8.05. The van der Waals surface area contributed by atoms with E-state index in [0.717, 1.165) is 45.9 Å². The van der Waals surface area contributed by atoms with Crippen LogP contribution in [0.1, 0.15) is 31.7 Å². The number of carbonyl (C=O) groups excluding carboxylic acids is 2. The summed E-state index contributed by atoms with van der Waals surface area (Å²) in [6, 6.07) is 16.1. The van der Waals surface area contributed by atoms with Crippen molar-refractivity contribution in [2.45, 2.75) is 39.2 Å². The van der Waals surface area contributed by atoms with E-state index in [9.17, 15) is 14.7 Å². The van der Waals surface area contributed by atoms with E-state index < -0.39 is 6.10 Å². The number of carbonyl (C=O) groups is 2. The highest BCUT2D eigenvalue weighted by Crippen LogP contribution is 2.33. The molecule has 0 saturated carbocycles. The Labute approximate surface area is 223 Å². The first-order valence-electron chi connectivity index (χ1n) is 12.3. The van der Waals surface area contributed by atoms with Crippen LogP contribution < -0.4 is 5.32 Å². The van der Waals surface area contributed by atoms with Crippen molar-refractivity contribution in [3.05, 3.63) is 76.6 Å². The number of aryl methyl sites for hydroxylation is 1. The Morgan fingerprint density at radius 1 is 1.19 bits per heavy atom. The minimum Gasteiger partial charge on any atom is -0.383 e. The van der Waals surface area contributed by atoms with Gasteiger partial charge in [-0.2, -0.15) is 11.8 Å². The number of benzene rings is 2. The maximum absolute atomic E-state index is 12.9. The molecule has 7 heteroatoms. The number of aliphatic hydroxyl groups is 1. The van der Waals surface area contributed by atoms with Crippen LogP contribution in [0.25, 0.3) is 11.1 Å². The van der Waals surface area contributed by atoms with Crippen LogP contribution in [0.4, 0.5) is 5.69 Å². The molecule has 1 fully saturated rings. The van der Waals surface area contributed by atoms with Crippen molar-refractivity contribution in [1.29, 1.82) is 0 Å². The van der Waals surface area contributed by atoms with E-state index in [1.807, 2.05) is 68.0 Å². The summed E-state index contributed by atoms with van der Waals surface area (Å²) in [6.07, 6.45) is 3.18. The highest BCUT2D eigenvalue weighted by Gasteiger charge is 2.28. The summed E-state index contributed by atoms with van der Waals surface area (Å²) in [6.45, 7) is 9.33. The third-order valence-corrected chi connectivity index (χ3v) is 8.15. The van der Waals surface area contributed by atoms with Crippen LogP contribution >= 0.6 is 23.5 Å². The molecule has 2 aromatic carbocycles. The maximum Gasteiger partial charge on any atom is 0.251 e. The van der Waals surface area contributed by atoms with Gasteiger partial charge in [0.25, 0.3) is 11.8 Å². The standard InChI is InChI=1S/C29H36N2O3S2/c1-20-10-11-26(25(18-20)24-8-6-5-7-9-24)30-28(33)21(2)19-36-22(3)23-12-15-31(16-13-23)29(34)27(32)14-17-35-4/h5-11,18-19,23,27,32H,3,12-17H2,1-2,4H3,(H,30,33)/b21-19+. The van der Waals surface area contributed by atoms with Gasteiger partial charge in [-0.15, -0.1) is 11.8 Å². The molecule has 1 atom stereocenters. The number of rotatable bonds is 10. The molecule has 36 heavy (non-hydrogen) atoms. The minimum absolute atomic E-state index is 0.143. The Balaban J connectivity index is 1.54. The van der Waals surface area contributed by atoms with Crippen molar-refractivity contribution in [1.82, 2.24) is 4.90 Å². The van der Waals surface area contributed by atoms with Gasteiger partial charge in [-0.25, -0.2) is 0 Å². The number of hydrogen-bond donors (Lipinski definition) is 2. The monoisotopic (exact) mass is 524 g/mol. The molecule has 0 radical (unpaired) electrons. The van der Waals surface area contributed by atoms with Gasteiger partial charge in [0.05, 0.1) is 0 Å². The lowest BCUT2D eigenvalue weighted by Gasteiger charge is -2.33. The number of nitrogens with one attached hydrogen (secondary N) is 1. The molecule has 0 spiro atoms. The normalized spacial score (nSPS) is 15.4. The average molecular weight is 525 g/mol. The van der Waals surface area contributed by atoms with Gasteiger partial charge >= 0.3 is 0 Å². The van der Waals surface area contributed by atoms with E-state index in [2.05, 4.69) is 18.0 Å². The molecule has 1 aliphatic rings. The van der Waals surface area contributed by atoms with E-state index in [1.165, 1.54) is 11.8 Å². The summed E-state index contributed by atoms with van der Waals surface area (Å²) in [5.74, 6) is 0.736. The highest BCUT2D eigenvalue weighted by atomic mass is 32.2. The van der Waals surface area contributed by atoms with Crippen LogP contribution in [0.3, 0.4) is 0 Å². The summed E-state index contributed by atoms with van der Waals surface area (Å²) < 4.78 is 0. The molecule has 0 aliphatic carbocycles.